The van der Waals surface area contributed by atoms with Crippen LogP contribution < -0.4 is 0 Å². The van der Waals surface area contributed by atoms with Gasteiger partial charge in [-0.1, -0.05) is 10.4 Å². The third-order valence-corrected chi connectivity index (χ3v) is 7.40. The van der Waals surface area contributed by atoms with Gasteiger partial charge in [0, 0.05) is 44.2 Å². The first-order valence-electron chi connectivity index (χ1n) is 12.5. The second-order valence-electron chi connectivity index (χ2n) is 9.76. The summed E-state index contributed by atoms with van der Waals surface area (Å²) >= 11 is 0. The number of aliphatic hydroxyl groups is 2. The highest BCUT2D eigenvalue weighted by Gasteiger charge is 2.47. The Morgan fingerprint density at radius 1 is 1.15 bits per heavy atom. The number of piperidine rings is 1. The largest absolute Gasteiger partial charge is 0.394 e. The molecular weight excluding hydrogens is 523 g/mol. The van der Waals surface area contributed by atoms with Crippen molar-refractivity contribution in [3.05, 3.63) is 53.3 Å². The quantitative estimate of drug-likeness (QED) is 0.316. The third kappa shape index (κ3) is 5.41. The highest BCUT2D eigenvalue weighted by Crippen LogP contribution is 2.35. The molecule has 2 aliphatic heterocycles. The summed E-state index contributed by atoms with van der Waals surface area (Å²) in [5.74, 6) is -3.51. The molecule has 2 fully saturated rings. The Hall–Kier alpha value is -3.33. The van der Waals surface area contributed by atoms with Crippen LogP contribution in [-0.2, 0) is 20.7 Å². The Bertz CT molecular complexity index is 1270. The zero-order valence-corrected chi connectivity index (χ0v) is 21.0. The van der Waals surface area contributed by atoms with Crippen molar-refractivity contribution in [2.75, 3.05) is 26.8 Å². The number of benzene rings is 1. The average Bonchev–Trinajstić information content (AvgIpc) is 3.62. The van der Waals surface area contributed by atoms with E-state index in [0.717, 1.165) is 31.4 Å². The van der Waals surface area contributed by atoms with E-state index in [1.165, 1.54) is 18.0 Å². The number of hydrogen-bond acceptors (Lipinski definition) is 9. The lowest BCUT2D eigenvalue weighted by Gasteiger charge is -2.43. The highest BCUT2D eigenvalue weighted by atomic mass is 19.2. The summed E-state index contributed by atoms with van der Waals surface area (Å²) in [6, 6.07) is 2.52. The van der Waals surface area contributed by atoms with Gasteiger partial charge in [0.2, 0.25) is 6.41 Å². The lowest BCUT2D eigenvalue weighted by molar-refractivity contribution is -0.212. The Morgan fingerprint density at radius 3 is 2.51 bits per heavy atom. The monoisotopic (exact) mass is 551 g/mol. The number of ether oxygens (including phenoxy) is 2. The van der Waals surface area contributed by atoms with E-state index in [-0.39, 0.29) is 23.6 Å². The minimum absolute atomic E-state index is 0.0419. The first-order valence-corrected chi connectivity index (χ1v) is 12.5. The van der Waals surface area contributed by atoms with Crippen molar-refractivity contribution in [3.8, 4) is 11.3 Å². The molecule has 11 nitrogen and oxygen atoms in total. The number of carbonyl (C=O) groups excluding carboxylic acids is 1. The van der Waals surface area contributed by atoms with Crippen LogP contribution in [0.3, 0.4) is 0 Å². The topological polar surface area (TPSA) is 136 Å². The number of likely N-dealkylation sites (tertiary alicyclic amines) is 1. The van der Waals surface area contributed by atoms with Crippen molar-refractivity contribution < 1.29 is 42.2 Å². The number of methoxy groups -OCH3 is 1. The zero-order valence-electron chi connectivity index (χ0n) is 21.0. The molecule has 39 heavy (non-hydrogen) atoms. The molecule has 4 heterocycles. The molecule has 2 N–H and O–H groups in total. The first-order chi connectivity index (χ1) is 18.8. The van der Waals surface area contributed by atoms with Crippen LogP contribution in [-0.4, -0.2) is 92.9 Å². The molecule has 2 aliphatic rings. The Balaban J connectivity index is 1.37. The summed E-state index contributed by atoms with van der Waals surface area (Å²) < 4.78 is 59.5. The number of halogens is 3. The number of carbonyl (C=O) groups is 1. The average molecular weight is 552 g/mol. The van der Waals surface area contributed by atoms with Gasteiger partial charge in [0.25, 0.3) is 0 Å². The van der Waals surface area contributed by atoms with Crippen LogP contribution in [0.4, 0.5) is 13.2 Å². The molecule has 0 unspecified atom stereocenters. The molecule has 14 heteroatoms. The minimum Gasteiger partial charge on any atom is -0.394 e. The van der Waals surface area contributed by atoms with Crippen LogP contribution in [0.2, 0.25) is 0 Å². The van der Waals surface area contributed by atoms with Gasteiger partial charge in [0.1, 0.15) is 35.8 Å². The fourth-order valence-electron chi connectivity index (χ4n) is 5.30. The minimum atomic E-state index is -1.60. The first kappa shape index (κ1) is 27.2. The van der Waals surface area contributed by atoms with Crippen molar-refractivity contribution in [2.45, 2.75) is 55.6 Å². The maximum Gasteiger partial charge on any atom is 0.209 e. The molecule has 3 aromatic rings. The van der Waals surface area contributed by atoms with Gasteiger partial charge in [-0.05, 0) is 25.0 Å². The van der Waals surface area contributed by atoms with Crippen molar-refractivity contribution in [1.82, 2.24) is 25.1 Å². The standard InChI is InChI=1S/C25H28F3N5O6/c1-37-25-20(9-15-8-19(39-30-15)13-2-4-32(12-35)5-3-13)38-21(11-34)24(36)23(25)33-10-18(29-31-33)14-6-16(26)22(28)17(27)7-14/h6-8,10,12-13,20-21,23-25,34,36H,2-5,9,11H2,1H3/t20-,21-,23+,24+,25+/m1/s1. The Morgan fingerprint density at radius 2 is 1.87 bits per heavy atom. The van der Waals surface area contributed by atoms with Crippen LogP contribution >= 0.6 is 0 Å². The molecule has 2 saturated heterocycles. The SMILES string of the molecule is CO[C@@H]1[C@@H](n2cc(-c3cc(F)c(F)c(F)c3)nn2)[C@@H](O)[C@@H](CO)O[C@@H]1Cc1cc(C2CCN(C=O)CC2)on1. The predicted octanol–water partition coefficient (Wildman–Crippen LogP) is 1.61. The van der Waals surface area contributed by atoms with E-state index < -0.39 is 54.5 Å². The fraction of sp³-hybridized carbons (Fsp3) is 0.520. The van der Waals surface area contributed by atoms with Crippen molar-refractivity contribution in [2.24, 2.45) is 0 Å². The molecule has 1 aromatic carbocycles. The van der Waals surface area contributed by atoms with Gasteiger partial charge in [-0.3, -0.25) is 4.79 Å². The molecule has 5 rings (SSSR count). The maximum absolute atomic E-state index is 13.8. The maximum atomic E-state index is 13.8. The van der Waals surface area contributed by atoms with Gasteiger partial charge in [0.05, 0.1) is 24.6 Å². The number of aromatic nitrogens is 4. The number of nitrogens with zero attached hydrogens (tertiary/aromatic N) is 5. The molecule has 0 saturated carbocycles. The summed E-state index contributed by atoms with van der Waals surface area (Å²) in [4.78, 5) is 12.7. The van der Waals surface area contributed by atoms with E-state index in [4.69, 9.17) is 14.0 Å². The number of aliphatic hydroxyl groups excluding tert-OH is 2. The second kappa shape index (κ2) is 11.4. The lowest BCUT2D eigenvalue weighted by atomic mass is 9.90. The Labute approximate surface area is 221 Å². The van der Waals surface area contributed by atoms with Crippen molar-refractivity contribution >= 4 is 6.41 Å². The summed E-state index contributed by atoms with van der Waals surface area (Å²) in [6.45, 7) is 0.771. The summed E-state index contributed by atoms with van der Waals surface area (Å²) in [7, 11) is 1.43. The van der Waals surface area contributed by atoms with Gasteiger partial charge in [-0.25, -0.2) is 17.9 Å². The van der Waals surface area contributed by atoms with E-state index in [2.05, 4.69) is 15.5 Å². The number of hydrogen-bond donors (Lipinski definition) is 2. The van der Waals surface area contributed by atoms with Crippen LogP contribution in [0.5, 0.6) is 0 Å². The molecule has 0 bridgehead atoms. The van der Waals surface area contributed by atoms with Crippen LogP contribution in [0.15, 0.2) is 28.9 Å². The summed E-state index contributed by atoms with van der Waals surface area (Å²) in [5, 5.41) is 33.0. The zero-order chi connectivity index (χ0) is 27.7. The predicted molar refractivity (Wildman–Crippen MR) is 127 cm³/mol. The second-order valence-corrected chi connectivity index (χ2v) is 9.76. The number of rotatable bonds is 8. The molecule has 0 aliphatic carbocycles. The normalized spacial score (nSPS) is 26.2. The summed E-state index contributed by atoms with van der Waals surface area (Å²) in [6.07, 6.45) is 0.162. The lowest BCUT2D eigenvalue weighted by Crippen LogP contribution is -2.57. The van der Waals surface area contributed by atoms with E-state index in [1.54, 1.807) is 4.90 Å². The van der Waals surface area contributed by atoms with Gasteiger partial charge < -0.3 is 29.1 Å². The molecule has 0 radical (unpaired) electrons. The van der Waals surface area contributed by atoms with Gasteiger partial charge in [-0.15, -0.1) is 5.10 Å². The molecule has 1 amide bonds. The van der Waals surface area contributed by atoms with Crippen LogP contribution in [0.25, 0.3) is 11.3 Å². The molecule has 5 atom stereocenters. The smallest absolute Gasteiger partial charge is 0.209 e. The molecule has 210 valence electrons. The molecule has 2 aromatic heterocycles. The van der Waals surface area contributed by atoms with E-state index in [1.807, 2.05) is 6.07 Å². The van der Waals surface area contributed by atoms with E-state index in [9.17, 15) is 28.2 Å². The third-order valence-electron chi connectivity index (χ3n) is 7.40. The van der Waals surface area contributed by atoms with Gasteiger partial charge in [-0.2, -0.15) is 0 Å². The molecule has 0 spiro atoms. The van der Waals surface area contributed by atoms with Crippen molar-refractivity contribution in [3.63, 3.8) is 0 Å². The van der Waals surface area contributed by atoms with Crippen LogP contribution in [0, 0.1) is 17.5 Å². The highest BCUT2D eigenvalue weighted by molar-refractivity contribution is 5.58. The number of amides is 1. The van der Waals surface area contributed by atoms with E-state index in [0.29, 0.717) is 24.5 Å². The Kier molecular flexibility index (Phi) is 7.98. The fourth-order valence-corrected chi connectivity index (χ4v) is 5.30. The molecular formula is C25H28F3N5O6. The van der Waals surface area contributed by atoms with Gasteiger partial charge in [0.15, 0.2) is 17.5 Å². The van der Waals surface area contributed by atoms with Crippen LogP contribution in [0.1, 0.15) is 36.3 Å². The van der Waals surface area contributed by atoms with Crippen molar-refractivity contribution in [1.29, 1.82) is 0 Å². The van der Waals surface area contributed by atoms with E-state index >= 15 is 0 Å². The summed E-state index contributed by atoms with van der Waals surface area (Å²) in [5.41, 5.74) is 0.580. The van der Waals surface area contributed by atoms with Gasteiger partial charge >= 0.3 is 0 Å².